The average molecular weight is 256 g/mol. The van der Waals surface area contributed by atoms with E-state index in [-0.39, 0.29) is 6.04 Å². The van der Waals surface area contributed by atoms with Crippen molar-refractivity contribution in [1.82, 2.24) is 15.1 Å². The normalized spacial score (nSPS) is 13.0. The fraction of sp³-hybridized carbons (Fsp3) is 0.364. The minimum Gasteiger partial charge on any atom is -0.307 e. The lowest BCUT2D eigenvalue weighted by Gasteiger charge is -2.14. The fourth-order valence-corrected chi connectivity index (χ4v) is 3.00. The van der Waals surface area contributed by atoms with Crippen molar-refractivity contribution in [3.8, 4) is 0 Å². The van der Waals surface area contributed by atoms with Crippen molar-refractivity contribution in [2.24, 2.45) is 7.05 Å². The molecular weight excluding hydrogens is 242 g/mol. The highest BCUT2D eigenvalue weighted by molar-refractivity contribution is 7.16. The molecule has 0 spiro atoms. The summed E-state index contributed by atoms with van der Waals surface area (Å²) in [5.41, 5.74) is 2.18. The first-order valence-electron chi connectivity index (χ1n) is 5.05. The van der Waals surface area contributed by atoms with Gasteiger partial charge in [0.2, 0.25) is 0 Å². The molecule has 0 bridgehead atoms. The van der Waals surface area contributed by atoms with Gasteiger partial charge in [0, 0.05) is 11.9 Å². The zero-order chi connectivity index (χ0) is 11.7. The smallest absolute Gasteiger partial charge is 0.0931 e. The lowest BCUT2D eigenvalue weighted by molar-refractivity contribution is 0.611. The number of thiophene rings is 1. The molecule has 2 heterocycles. The van der Waals surface area contributed by atoms with Crippen LogP contribution in [0.25, 0.3) is 0 Å². The van der Waals surface area contributed by atoms with Crippen LogP contribution in [0.4, 0.5) is 0 Å². The van der Waals surface area contributed by atoms with Crippen LogP contribution in [0.3, 0.4) is 0 Å². The van der Waals surface area contributed by atoms with E-state index in [0.29, 0.717) is 0 Å². The molecule has 16 heavy (non-hydrogen) atoms. The monoisotopic (exact) mass is 255 g/mol. The van der Waals surface area contributed by atoms with Gasteiger partial charge >= 0.3 is 0 Å². The van der Waals surface area contributed by atoms with Gasteiger partial charge in [-0.2, -0.15) is 5.10 Å². The summed E-state index contributed by atoms with van der Waals surface area (Å²) in [5.74, 6) is 0. The van der Waals surface area contributed by atoms with Crippen molar-refractivity contribution in [2.45, 2.75) is 13.0 Å². The Balaban J connectivity index is 2.40. The first-order chi connectivity index (χ1) is 7.61. The van der Waals surface area contributed by atoms with Crippen molar-refractivity contribution >= 4 is 22.9 Å². The summed E-state index contributed by atoms with van der Waals surface area (Å²) in [6, 6.07) is 6.23. The number of halogens is 1. The first-order valence-corrected chi connectivity index (χ1v) is 6.24. The molecule has 5 heteroatoms. The Morgan fingerprint density at radius 2 is 2.25 bits per heavy atom. The number of nitrogens with one attached hydrogen (secondary N) is 1. The number of aromatic nitrogens is 2. The van der Waals surface area contributed by atoms with E-state index in [2.05, 4.69) is 22.5 Å². The Kier molecular flexibility index (Phi) is 3.33. The van der Waals surface area contributed by atoms with Crippen LogP contribution in [0.2, 0.25) is 4.34 Å². The van der Waals surface area contributed by atoms with E-state index < -0.39 is 0 Å². The maximum Gasteiger partial charge on any atom is 0.0931 e. The van der Waals surface area contributed by atoms with Crippen LogP contribution in [0.1, 0.15) is 22.3 Å². The molecule has 2 rings (SSSR count). The average Bonchev–Trinajstić information content (AvgIpc) is 2.76. The first kappa shape index (κ1) is 11.6. The molecule has 2 aromatic rings. The molecule has 0 saturated carbocycles. The number of aryl methyl sites for hydroxylation is 2. The van der Waals surface area contributed by atoms with Crippen LogP contribution in [0, 0.1) is 6.92 Å². The maximum absolute atomic E-state index is 5.96. The van der Waals surface area contributed by atoms with Crippen LogP contribution in [0.5, 0.6) is 0 Å². The van der Waals surface area contributed by atoms with Crippen LogP contribution in [0.15, 0.2) is 18.2 Å². The number of hydrogen-bond donors (Lipinski definition) is 1. The highest BCUT2D eigenvalue weighted by atomic mass is 35.5. The quantitative estimate of drug-likeness (QED) is 0.914. The van der Waals surface area contributed by atoms with E-state index >= 15 is 0 Å². The van der Waals surface area contributed by atoms with E-state index in [1.807, 2.05) is 31.8 Å². The lowest BCUT2D eigenvalue weighted by Crippen LogP contribution is -2.19. The summed E-state index contributed by atoms with van der Waals surface area (Å²) in [6.07, 6.45) is 0. The summed E-state index contributed by atoms with van der Waals surface area (Å²) < 4.78 is 2.72. The molecule has 3 nitrogen and oxygen atoms in total. The minimum atomic E-state index is 0.156. The second-order valence-electron chi connectivity index (χ2n) is 3.70. The van der Waals surface area contributed by atoms with Gasteiger partial charge in [0.15, 0.2) is 0 Å². The molecule has 0 aromatic carbocycles. The highest BCUT2D eigenvalue weighted by Gasteiger charge is 2.17. The van der Waals surface area contributed by atoms with Crippen molar-refractivity contribution in [2.75, 3.05) is 7.05 Å². The third-order valence-electron chi connectivity index (χ3n) is 2.50. The molecule has 1 N–H and O–H groups in total. The predicted molar refractivity (Wildman–Crippen MR) is 68.2 cm³/mol. The van der Waals surface area contributed by atoms with Gasteiger partial charge in [0.25, 0.3) is 0 Å². The summed E-state index contributed by atoms with van der Waals surface area (Å²) >= 11 is 7.56. The minimum absolute atomic E-state index is 0.156. The van der Waals surface area contributed by atoms with E-state index in [4.69, 9.17) is 11.6 Å². The van der Waals surface area contributed by atoms with Crippen molar-refractivity contribution < 1.29 is 0 Å². The van der Waals surface area contributed by atoms with Crippen LogP contribution < -0.4 is 5.32 Å². The zero-order valence-corrected chi connectivity index (χ0v) is 11.1. The Morgan fingerprint density at radius 1 is 1.50 bits per heavy atom. The SMILES string of the molecule is CNC(c1ccc(Cl)s1)c1cc(C)nn1C. The molecule has 0 amide bonds. The van der Waals surface area contributed by atoms with Gasteiger partial charge in [-0.15, -0.1) is 11.3 Å². The Labute approximate surface area is 104 Å². The molecule has 0 aliphatic heterocycles. The lowest BCUT2D eigenvalue weighted by atomic mass is 10.1. The van der Waals surface area contributed by atoms with Crippen LogP contribution >= 0.6 is 22.9 Å². The van der Waals surface area contributed by atoms with E-state index in [9.17, 15) is 0 Å². The largest absolute Gasteiger partial charge is 0.307 e. The second-order valence-corrected chi connectivity index (χ2v) is 5.44. The molecule has 0 aliphatic rings. The maximum atomic E-state index is 5.96. The fourth-order valence-electron chi connectivity index (χ4n) is 1.82. The highest BCUT2D eigenvalue weighted by Crippen LogP contribution is 2.30. The Morgan fingerprint density at radius 3 is 2.69 bits per heavy atom. The molecule has 0 saturated heterocycles. The summed E-state index contributed by atoms with van der Waals surface area (Å²) in [7, 11) is 3.91. The van der Waals surface area contributed by atoms with Gasteiger partial charge in [0.05, 0.1) is 21.8 Å². The van der Waals surface area contributed by atoms with Crippen LogP contribution in [-0.2, 0) is 7.05 Å². The number of rotatable bonds is 3. The van der Waals surface area contributed by atoms with Gasteiger partial charge < -0.3 is 5.32 Å². The molecule has 1 atom stereocenters. The molecule has 1 unspecified atom stereocenters. The van der Waals surface area contributed by atoms with Crippen molar-refractivity contribution in [3.63, 3.8) is 0 Å². The molecule has 86 valence electrons. The molecule has 0 radical (unpaired) electrons. The van der Waals surface area contributed by atoms with E-state index in [1.165, 1.54) is 4.88 Å². The topological polar surface area (TPSA) is 29.9 Å². The second kappa shape index (κ2) is 4.57. The van der Waals surface area contributed by atoms with Gasteiger partial charge in [0.1, 0.15) is 0 Å². The summed E-state index contributed by atoms with van der Waals surface area (Å²) in [5, 5.41) is 7.65. The molecule has 0 aliphatic carbocycles. The molecule has 2 aromatic heterocycles. The van der Waals surface area contributed by atoms with Gasteiger partial charge in [-0.1, -0.05) is 11.6 Å². The Bertz CT molecular complexity index is 489. The molecular formula is C11H14ClN3S. The summed E-state index contributed by atoms with van der Waals surface area (Å²) in [6.45, 7) is 2.00. The third kappa shape index (κ3) is 2.14. The van der Waals surface area contributed by atoms with Gasteiger partial charge in [-0.3, -0.25) is 4.68 Å². The number of hydrogen-bond acceptors (Lipinski definition) is 3. The Hall–Kier alpha value is -0.840. The molecule has 0 fully saturated rings. The van der Waals surface area contributed by atoms with Gasteiger partial charge in [-0.05, 0) is 32.2 Å². The van der Waals surface area contributed by atoms with Gasteiger partial charge in [-0.25, -0.2) is 0 Å². The van der Waals surface area contributed by atoms with Crippen LogP contribution in [-0.4, -0.2) is 16.8 Å². The number of nitrogens with zero attached hydrogens (tertiary/aromatic N) is 2. The van der Waals surface area contributed by atoms with E-state index in [1.54, 1.807) is 11.3 Å². The predicted octanol–water partition coefficient (Wildman–Crippen LogP) is 2.75. The van der Waals surface area contributed by atoms with Crippen molar-refractivity contribution in [3.05, 3.63) is 38.8 Å². The third-order valence-corrected chi connectivity index (χ3v) is 3.80. The van der Waals surface area contributed by atoms with E-state index in [0.717, 1.165) is 15.7 Å². The van der Waals surface area contributed by atoms with Crippen molar-refractivity contribution in [1.29, 1.82) is 0 Å². The standard InChI is InChI=1S/C11H14ClN3S/c1-7-6-8(15(3)14-7)11(13-2)9-4-5-10(12)16-9/h4-6,11,13H,1-3H3. The summed E-state index contributed by atoms with van der Waals surface area (Å²) in [4.78, 5) is 1.20. The zero-order valence-electron chi connectivity index (χ0n) is 9.49.